The van der Waals surface area contributed by atoms with Crippen LogP contribution in [0.3, 0.4) is 0 Å². The van der Waals surface area contributed by atoms with Crippen LogP contribution in [-0.2, 0) is 0 Å². The fourth-order valence-corrected chi connectivity index (χ4v) is 3.46. The number of benzene rings is 1. The van der Waals surface area contributed by atoms with Crippen LogP contribution in [0.15, 0.2) is 24.3 Å². The summed E-state index contributed by atoms with van der Waals surface area (Å²) in [5, 5.41) is 0. The molecule has 1 aromatic carbocycles. The molecule has 114 valence electrons. The quantitative estimate of drug-likeness (QED) is 0.853. The molecule has 21 heavy (non-hydrogen) atoms. The van der Waals surface area contributed by atoms with E-state index in [0.29, 0.717) is 6.04 Å². The number of rotatable bonds is 4. The number of carbonyl (C=O) groups is 1. The first kappa shape index (κ1) is 14.4. The molecule has 3 rings (SSSR count). The van der Waals surface area contributed by atoms with Gasteiger partial charge in [0.25, 0.3) is 5.91 Å². The van der Waals surface area contributed by atoms with Crippen molar-refractivity contribution in [2.45, 2.75) is 31.7 Å². The fraction of sp³-hybridized carbons (Fsp3) is 0.588. The summed E-state index contributed by atoms with van der Waals surface area (Å²) in [7, 11) is 1.64. The highest BCUT2D eigenvalue weighted by molar-refractivity contribution is 5.94. The summed E-state index contributed by atoms with van der Waals surface area (Å²) in [4.78, 5) is 17.3. The Morgan fingerprint density at radius 2 is 1.86 bits per heavy atom. The van der Waals surface area contributed by atoms with E-state index in [1.54, 1.807) is 7.11 Å². The summed E-state index contributed by atoms with van der Waals surface area (Å²) < 4.78 is 5.15. The Bertz CT molecular complexity index is 480. The molecule has 4 heteroatoms. The Labute approximate surface area is 126 Å². The number of likely N-dealkylation sites (tertiary alicyclic amines) is 2. The lowest BCUT2D eigenvalue weighted by molar-refractivity contribution is 0.0709. The third-order valence-electron chi connectivity index (χ3n) is 4.64. The molecule has 0 spiro atoms. The lowest BCUT2D eigenvalue weighted by atomic mass is 10.1. The van der Waals surface area contributed by atoms with Gasteiger partial charge in [-0.1, -0.05) is 0 Å². The SMILES string of the molecule is COc1ccc(C(=O)N2CCC[C@@H]2CN2CCCC2)cc1. The van der Waals surface area contributed by atoms with E-state index in [0.717, 1.165) is 37.2 Å². The molecular weight excluding hydrogens is 264 g/mol. The van der Waals surface area contributed by atoms with E-state index >= 15 is 0 Å². The van der Waals surface area contributed by atoms with E-state index in [2.05, 4.69) is 9.80 Å². The lowest BCUT2D eigenvalue weighted by Gasteiger charge is -2.28. The monoisotopic (exact) mass is 288 g/mol. The molecule has 0 N–H and O–H groups in total. The average molecular weight is 288 g/mol. The normalized spacial score (nSPS) is 22.7. The molecule has 4 nitrogen and oxygen atoms in total. The summed E-state index contributed by atoms with van der Waals surface area (Å²) in [6.45, 7) is 4.33. The smallest absolute Gasteiger partial charge is 0.254 e. The first-order chi connectivity index (χ1) is 10.3. The van der Waals surface area contributed by atoms with Crippen LogP contribution in [0.5, 0.6) is 5.75 Å². The van der Waals surface area contributed by atoms with E-state index < -0.39 is 0 Å². The van der Waals surface area contributed by atoms with Crippen LogP contribution in [0.25, 0.3) is 0 Å². The maximum atomic E-state index is 12.7. The molecule has 0 radical (unpaired) electrons. The zero-order chi connectivity index (χ0) is 14.7. The molecule has 1 aromatic rings. The van der Waals surface area contributed by atoms with E-state index in [4.69, 9.17) is 4.74 Å². The predicted molar refractivity (Wildman–Crippen MR) is 82.7 cm³/mol. The Hall–Kier alpha value is -1.55. The number of nitrogens with zero attached hydrogens (tertiary/aromatic N) is 2. The maximum absolute atomic E-state index is 12.7. The van der Waals surface area contributed by atoms with Gasteiger partial charge in [0.2, 0.25) is 0 Å². The molecule has 0 unspecified atom stereocenters. The largest absolute Gasteiger partial charge is 0.497 e. The Kier molecular flexibility index (Phi) is 4.44. The van der Waals surface area contributed by atoms with Crippen molar-refractivity contribution in [2.75, 3.05) is 33.3 Å². The molecule has 2 fully saturated rings. The lowest BCUT2D eigenvalue weighted by Crippen LogP contribution is -2.42. The molecule has 0 aliphatic carbocycles. The Balaban J connectivity index is 1.66. The van der Waals surface area contributed by atoms with Crippen molar-refractivity contribution in [3.8, 4) is 5.75 Å². The van der Waals surface area contributed by atoms with Crippen molar-refractivity contribution in [1.82, 2.24) is 9.80 Å². The standard InChI is InChI=1S/C17H24N2O2/c1-21-16-8-6-14(7-9-16)17(20)19-12-4-5-15(19)13-18-10-2-3-11-18/h6-9,15H,2-5,10-13H2,1H3/t15-/m1/s1. The van der Waals surface area contributed by atoms with Crippen molar-refractivity contribution >= 4 is 5.91 Å². The van der Waals surface area contributed by atoms with Gasteiger partial charge in [-0.05, 0) is 63.0 Å². The first-order valence-electron chi connectivity index (χ1n) is 7.95. The summed E-state index contributed by atoms with van der Waals surface area (Å²) in [5.74, 6) is 0.959. The molecule has 2 heterocycles. The number of amides is 1. The van der Waals surface area contributed by atoms with Gasteiger partial charge in [-0.25, -0.2) is 0 Å². The van der Waals surface area contributed by atoms with Gasteiger partial charge in [0.05, 0.1) is 7.11 Å². The molecule has 2 saturated heterocycles. The Morgan fingerprint density at radius 1 is 1.14 bits per heavy atom. The second-order valence-electron chi connectivity index (χ2n) is 6.03. The molecule has 2 aliphatic rings. The number of methoxy groups -OCH3 is 1. The van der Waals surface area contributed by atoms with Crippen LogP contribution in [0.1, 0.15) is 36.0 Å². The second kappa shape index (κ2) is 6.48. The summed E-state index contributed by atoms with van der Waals surface area (Å²) in [6, 6.07) is 7.84. The van der Waals surface area contributed by atoms with Crippen LogP contribution >= 0.6 is 0 Å². The van der Waals surface area contributed by atoms with Gasteiger partial charge in [-0.15, -0.1) is 0 Å². The van der Waals surface area contributed by atoms with Gasteiger partial charge in [0, 0.05) is 24.7 Å². The second-order valence-corrected chi connectivity index (χ2v) is 6.03. The van der Waals surface area contributed by atoms with Crippen molar-refractivity contribution < 1.29 is 9.53 Å². The highest BCUT2D eigenvalue weighted by atomic mass is 16.5. The van der Waals surface area contributed by atoms with Crippen molar-refractivity contribution in [3.63, 3.8) is 0 Å². The minimum absolute atomic E-state index is 0.166. The third kappa shape index (κ3) is 3.21. The zero-order valence-electron chi connectivity index (χ0n) is 12.8. The number of ether oxygens (including phenoxy) is 1. The molecule has 1 atom stereocenters. The highest BCUT2D eigenvalue weighted by Gasteiger charge is 2.31. The van der Waals surface area contributed by atoms with E-state index in [9.17, 15) is 4.79 Å². The molecule has 1 amide bonds. The van der Waals surface area contributed by atoms with Crippen LogP contribution in [-0.4, -0.2) is 55.0 Å². The van der Waals surface area contributed by atoms with Gasteiger partial charge in [0.15, 0.2) is 0 Å². The minimum atomic E-state index is 0.166. The van der Waals surface area contributed by atoms with Gasteiger partial charge in [-0.3, -0.25) is 4.79 Å². The van der Waals surface area contributed by atoms with Gasteiger partial charge in [0.1, 0.15) is 5.75 Å². The summed E-state index contributed by atoms with van der Waals surface area (Å²) in [5.41, 5.74) is 0.768. The van der Waals surface area contributed by atoms with Crippen molar-refractivity contribution in [1.29, 1.82) is 0 Å². The van der Waals surface area contributed by atoms with Crippen LogP contribution in [0.4, 0.5) is 0 Å². The fourth-order valence-electron chi connectivity index (χ4n) is 3.46. The highest BCUT2D eigenvalue weighted by Crippen LogP contribution is 2.23. The molecule has 0 aromatic heterocycles. The number of hydrogen-bond donors (Lipinski definition) is 0. The molecule has 0 bridgehead atoms. The van der Waals surface area contributed by atoms with Crippen LogP contribution < -0.4 is 4.74 Å². The first-order valence-corrected chi connectivity index (χ1v) is 7.95. The predicted octanol–water partition coefficient (Wildman–Crippen LogP) is 2.40. The van der Waals surface area contributed by atoms with Crippen molar-refractivity contribution in [2.24, 2.45) is 0 Å². The summed E-state index contributed by atoms with van der Waals surface area (Å²) >= 11 is 0. The van der Waals surface area contributed by atoms with Crippen LogP contribution in [0.2, 0.25) is 0 Å². The average Bonchev–Trinajstić information content (AvgIpc) is 3.19. The molecule has 2 aliphatic heterocycles. The van der Waals surface area contributed by atoms with Crippen molar-refractivity contribution in [3.05, 3.63) is 29.8 Å². The topological polar surface area (TPSA) is 32.8 Å². The van der Waals surface area contributed by atoms with E-state index in [-0.39, 0.29) is 5.91 Å². The zero-order valence-corrected chi connectivity index (χ0v) is 12.8. The van der Waals surface area contributed by atoms with E-state index in [1.807, 2.05) is 24.3 Å². The van der Waals surface area contributed by atoms with Gasteiger partial charge in [-0.2, -0.15) is 0 Å². The maximum Gasteiger partial charge on any atom is 0.254 e. The van der Waals surface area contributed by atoms with Gasteiger partial charge >= 0.3 is 0 Å². The summed E-state index contributed by atoms with van der Waals surface area (Å²) in [6.07, 6.45) is 4.87. The number of carbonyl (C=O) groups excluding carboxylic acids is 1. The number of hydrogen-bond acceptors (Lipinski definition) is 3. The molecular formula is C17H24N2O2. The minimum Gasteiger partial charge on any atom is -0.497 e. The molecule has 0 saturated carbocycles. The van der Waals surface area contributed by atoms with Crippen LogP contribution in [0, 0.1) is 0 Å². The third-order valence-corrected chi connectivity index (χ3v) is 4.64. The Morgan fingerprint density at radius 3 is 2.52 bits per heavy atom. The van der Waals surface area contributed by atoms with E-state index in [1.165, 1.54) is 25.9 Å². The van der Waals surface area contributed by atoms with Gasteiger partial charge < -0.3 is 14.5 Å².